The predicted octanol–water partition coefficient (Wildman–Crippen LogP) is 12.6. The van der Waals surface area contributed by atoms with Gasteiger partial charge in [-0.1, -0.05) is 284 Å². The predicted molar refractivity (Wildman–Crippen MR) is 284 cm³/mol. The molecule has 0 bridgehead atoms. The number of aliphatic hydroxyl groups excluding tert-OH is 7. The van der Waals surface area contributed by atoms with Crippen LogP contribution in [0.5, 0.6) is 0 Å². The summed E-state index contributed by atoms with van der Waals surface area (Å²) >= 11 is 0. The van der Waals surface area contributed by atoms with Crippen molar-refractivity contribution in [1.29, 1.82) is 0 Å². The number of hydrogen-bond donors (Lipinski definition) is 8. The topological polar surface area (TPSA) is 189 Å². The quantitative estimate of drug-likeness (QED) is 0.0272. The molecule has 0 aromatic rings. The van der Waals surface area contributed by atoms with E-state index >= 15 is 0 Å². The molecule has 1 rings (SSSR count). The Morgan fingerprint density at radius 2 is 0.754 bits per heavy atom. The third-order valence-corrected chi connectivity index (χ3v) is 14.9. The minimum absolute atomic E-state index is 0.267. The van der Waals surface area contributed by atoms with Gasteiger partial charge in [-0.3, -0.25) is 4.79 Å². The molecule has 0 aliphatic carbocycles. The number of rotatable bonds is 52. The van der Waals surface area contributed by atoms with E-state index < -0.39 is 74.2 Å². The average Bonchev–Trinajstić information content (AvgIpc) is 3.35. The van der Waals surface area contributed by atoms with E-state index in [4.69, 9.17) is 9.47 Å². The molecule has 1 amide bonds. The summed E-state index contributed by atoms with van der Waals surface area (Å²) in [7, 11) is 0. The van der Waals surface area contributed by atoms with Gasteiger partial charge < -0.3 is 50.5 Å². The van der Waals surface area contributed by atoms with Crippen molar-refractivity contribution in [3.63, 3.8) is 0 Å². The monoisotopic (exact) mass is 986 g/mol. The third-order valence-electron chi connectivity index (χ3n) is 14.9. The Labute approximate surface area is 424 Å². The van der Waals surface area contributed by atoms with Crippen molar-refractivity contribution in [3.05, 3.63) is 0 Å². The molecule has 11 nitrogen and oxygen atoms in total. The largest absolute Gasteiger partial charge is 0.394 e. The molecule has 1 aliphatic heterocycles. The van der Waals surface area contributed by atoms with Crippen molar-refractivity contribution in [2.24, 2.45) is 0 Å². The lowest BCUT2D eigenvalue weighted by Crippen LogP contribution is -2.60. The van der Waals surface area contributed by atoms with E-state index in [1.807, 2.05) is 0 Å². The van der Waals surface area contributed by atoms with Crippen LogP contribution in [-0.4, -0.2) is 110 Å². The Kier molecular flexibility index (Phi) is 46.1. The molecule has 0 spiro atoms. The lowest BCUT2D eigenvalue weighted by molar-refractivity contribution is -0.303. The van der Waals surface area contributed by atoms with Crippen molar-refractivity contribution >= 4 is 5.91 Å². The van der Waals surface area contributed by atoms with Crippen LogP contribution in [0.25, 0.3) is 0 Å². The molecule has 0 saturated carbocycles. The average molecular weight is 987 g/mol. The Morgan fingerprint density at radius 3 is 1.07 bits per heavy atom. The number of unbranched alkanes of at least 4 members (excludes halogenated alkanes) is 40. The number of carbonyl (C=O) groups excluding carboxylic acids is 1. The lowest BCUT2D eigenvalue weighted by atomic mass is 9.98. The third kappa shape index (κ3) is 36.6. The smallest absolute Gasteiger partial charge is 0.249 e. The minimum atomic E-state index is -1.66. The van der Waals surface area contributed by atoms with E-state index in [9.17, 15) is 40.5 Å². The Balaban J connectivity index is 2.28. The van der Waals surface area contributed by atoms with Crippen LogP contribution in [-0.2, 0) is 14.3 Å². The van der Waals surface area contributed by atoms with Gasteiger partial charge in [0.25, 0.3) is 0 Å². The van der Waals surface area contributed by atoms with Gasteiger partial charge in [-0.05, 0) is 12.8 Å². The van der Waals surface area contributed by atoms with Gasteiger partial charge in [0.05, 0.1) is 25.4 Å². The van der Waals surface area contributed by atoms with E-state index in [1.54, 1.807) is 0 Å². The molecule has 1 heterocycles. The van der Waals surface area contributed by atoms with Gasteiger partial charge in [-0.15, -0.1) is 0 Å². The fraction of sp³-hybridized carbons (Fsp3) is 0.983. The number of carbonyl (C=O) groups is 1. The van der Waals surface area contributed by atoms with Crippen LogP contribution in [0, 0.1) is 0 Å². The van der Waals surface area contributed by atoms with Crippen molar-refractivity contribution in [1.82, 2.24) is 5.32 Å². The van der Waals surface area contributed by atoms with Crippen LogP contribution < -0.4 is 5.32 Å². The first-order valence-corrected chi connectivity index (χ1v) is 29.9. The van der Waals surface area contributed by atoms with E-state index in [0.29, 0.717) is 19.3 Å². The van der Waals surface area contributed by atoms with Crippen molar-refractivity contribution in [3.8, 4) is 0 Å². The summed E-state index contributed by atoms with van der Waals surface area (Å²) < 4.78 is 11.2. The molecule has 0 radical (unpaired) electrons. The van der Waals surface area contributed by atoms with Crippen molar-refractivity contribution in [2.75, 3.05) is 13.2 Å². The fourth-order valence-electron chi connectivity index (χ4n) is 10.0. The maximum atomic E-state index is 13.2. The molecule has 1 fully saturated rings. The first-order chi connectivity index (χ1) is 33.7. The highest BCUT2D eigenvalue weighted by molar-refractivity contribution is 5.80. The number of aliphatic hydroxyl groups is 7. The van der Waals surface area contributed by atoms with Crippen LogP contribution in [0.15, 0.2) is 0 Å². The van der Waals surface area contributed by atoms with Gasteiger partial charge in [-0.25, -0.2) is 0 Å². The second kappa shape index (κ2) is 48.1. The Hall–Kier alpha value is -0.890. The lowest BCUT2D eigenvalue weighted by Gasteiger charge is -2.40. The maximum Gasteiger partial charge on any atom is 0.249 e. The number of ether oxygens (including phenoxy) is 2. The van der Waals surface area contributed by atoms with Gasteiger partial charge in [0.2, 0.25) is 5.91 Å². The summed E-state index contributed by atoms with van der Waals surface area (Å²) in [4.78, 5) is 13.2. The van der Waals surface area contributed by atoms with Crippen molar-refractivity contribution < 1.29 is 50.0 Å². The molecule has 412 valence electrons. The molecule has 0 aromatic carbocycles. The van der Waals surface area contributed by atoms with Gasteiger partial charge >= 0.3 is 0 Å². The number of amides is 1. The molecule has 1 saturated heterocycles. The van der Waals surface area contributed by atoms with Crippen LogP contribution in [0.3, 0.4) is 0 Å². The molecule has 11 heteroatoms. The molecule has 8 N–H and O–H groups in total. The standard InChI is InChI=1S/C58H115NO10/c1-3-5-7-9-11-13-15-17-19-21-23-25-26-28-30-32-34-36-38-40-42-44-46-51(62)57(67)59-49(48-68-58-56(66)55(65)54(64)52(47-60)69-58)53(63)50(61)45-43-41-39-37-35-33-31-29-27-24-22-20-18-16-14-12-10-8-6-4-2/h49-56,58,60-66H,3-48H2,1-2H3,(H,59,67). The zero-order valence-electron chi connectivity index (χ0n) is 45.1. The summed E-state index contributed by atoms with van der Waals surface area (Å²) in [5.74, 6) is -0.689. The zero-order valence-corrected chi connectivity index (χ0v) is 45.1. The Morgan fingerprint density at radius 1 is 0.449 bits per heavy atom. The molecule has 9 unspecified atom stereocenters. The number of nitrogens with one attached hydrogen (secondary N) is 1. The molecular formula is C58H115NO10. The highest BCUT2D eigenvalue weighted by Gasteiger charge is 2.44. The van der Waals surface area contributed by atoms with E-state index in [0.717, 1.165) is 38.5 Å². The highest BCUT2D eigenvalue weighted by atomic mass is 16.7. The van der Waals surface area contributed by atoms with E-state index in [2.05, 4.69) is 19.2 Å². The van der Waals surface area contributed by atoms with Crippen LogP contribution in [0.1, 0.15) is 296 Å². The fourth-order valence-corrected chi connectivity index (χ4v) is 10.0. The second-order valence-corrected chi connectivity index (χ2v) is 21.4. The molecule has 0 aromatic heterocycles. The zero-order chi connectivity index (χ0) is 50.4. The maximum absolute atomic E-state index is 13.2. The summed E-state index contributed by atoms with van der Waals surface area (Å²) in [6, 6.07) is -1.16. The SMILES string of the molecule is CCCCCCCCCCCCCCCCCCCCCCCCC(O)C(=O)NC(COC1OC(CO)C(O)C(O)C1O)C(O)C(O)CCCCCCCCCCCCCCCCCCCCCC. The number of hydrogen-bond acceptors (Lipinski definition) is 10. The summed E-state index contributed by atoms with van der Waals surface area (Å²) in [6.45, 7) is 3.50. The van der Waals surface area contributed by atoms with Crippen molar-refractivity contribution in [2.45, 2.75) is 351 Å². The van der Waals surface area contributed by atoms with Gasteiger partial charge in [0, 0.05) is 0 Å². The first kappa shape index (κ1) is 66.1. The highest BCUT2D eigenvalue weighted by Crippen LogP contribution is 2.24. The molecule has 9 atom stereocenters. The van der Waals surface area contributed by atoms with E-state index in [1.165, 1.54) is 218 Å². The molecule has 1 aliphatic rings. The first-order valence-electron chi connectivity index (χ1n) is 29.9. The minimum Gasteiger partial charge on any atom is -0.394 e. The van der Waals surface area contributed by atoms with Crippen LogP contribution in [0.2, 0.25) is 0 Å². The van der Waals surface area contributed by atoms with E-state index in [-0.39, 0.29) is 6.42 Å². The van der Waals surface area contributed by atoms with Gasteiger partial charge in [-0.2, -0.15) is 0 Å². The summed E-state index contributed by atoms with van der Waals surface area (Å²) in [5.41, 5.74) is 0. The molecular weight excluding hydrogens is 871 g/mol. The van der Waals surface area contributed by atoms with Crippen LogP contribution >= 0.6 is 0 Å². The summed E-state index contributed by atoms with van der Waals surface area (Å²) in [5, 5.41) is 76.2. The van der Waals surface area contributed by atoms with Gasteiger partial charge in [0.15, 0.2) is 6.29 Å². The summed E-state index contributed by atoms with van der Waals surface area (Å²) in [6.07, 6.45) is 42.9. The molecule has 69 heavy (non-hydrogen) atoms. The second-order valence-electron chi connectivity index (χ2n) is 21.4. The normalized spacial score (nSPS) is 20.3. The Bertz CT molecular complexity index is 1090. The van der Waals surface area contributed by atoms with Gasteiger partial charge in [0.1, 0.15) is 36.6 Å². The van der Waals surface area contributed by atoms with Crippen LogP contribution in [0.4, 0.5) is 0 Å².